The molecule has 0 fully saturated rings. The fourth-order valence-electron chi connectivity index (χ4n) is 3.81. The highest BCUT2D eigenvalue weighted by Crippen LogP contribution is 2.37. The summed E-state index contributed by atoms with van der Waals surface area (Å²) < 4.78 is 15.7. The van der Waals surface area contributed by atoms with Gasteiger partial charge < -0.3 is 4.57 Å². The van der Waals surface area contributed by atoms with Gasteiger partial charge in [0.15, 0.2) is 0 Å². The highest BCUT2D eigenvalue weighted by molar-refractivity contribution is 5.87. The summed E-state index contributed by atoms with van der Waals surface area (Å²) in [4.78, 5) is 4.01. The summed E-state index contributed by atoms with van der Waals surface area (Å²) in [5.41, 5.74) is 5.19. The van der Waals surface area contributed by atoms with Crippen LogP contribution in [0.15, 0.2) is 36.4 Å². The van der Waals surface area contributed by atoms with Gasteiger partial charge in [-0.1, -0.05) is 19.4 Å². The van der Waals surface area contributed by atoms with E-state index in [4.69, 9.17) is 0 Å². The van der Waals surface area contributed by atoms with Gasteiger partial charge in [-0.25, -0.2) is 4.98 Å². The zero-order valence-electron chi connectivity index (χ0n) is 13.6. The largest absolute Gasteiger partial charge is 0.338 e. The van der Waals surface area contributed by atoms with Gasteiger partial charge in [-0.05, 0) is 54.7 Å². The van der Waals surface area contributed by atoms with Crippen molar-refractivity contribution in [2.24, 2.45) is 5.92 Å². The molecule has 0 spiro atoms. The molecule has 1 unspecified atom stereocenters. The Morgan fingerprint density at radius 3 is 2.92 bits per heavy atom. The van der Waals surface area contributed by atoms with E-state index in [1.54, 1.807) is 6.07 Å². The van der Waals surface area contributed by atoms with E-state index in [9.17, 15) is 9.65 Å². The monoisotopic (exact) mass is 319 g/mol. The lowest BCUT2D eigenvalue weighted by Crippen LogP contribution is -2.07. The van der Waals surface area contributed by atoms with Crippen molar-refractivity contribution in [1.29, 1.82) is 5.26 Å². The standard InChI is InChI=1S/C20H18FN3/c1-2-13-8-17-16-9-14(11-22)6-7-18(16)24(19(17)10-13)12-15-4-3-5-20(21)23-15/h3-7,9,13H,2,8,10,12H2,1H3. The Kier molecular flexibility index (Phi) is 3.57. The van der Waals surface area contributed by atoms with E-state index in [2.05, 4.69) is 22.5 Å². The Morgan fingerprint density at radius 1 is 1.29 bits per heavy atom. The fourth-order valence-corrected chi connectivity index (χ4v) is 3.81. The summed E-state index contributed by atoms with van der Waals surface area (Å²) in [5.74, 6) is 0.204. The Labute approximate surface area is 140 Å². The predicted octanol–water partition coefficient (Wildman–Crippen LogP) is 4.22. The van der Waals surface area contributed by atoms with Crippen LogP contribution in [-0.2, 0) is 19.4 Å². The van der Waals surface area contributed by atoms with Crippen molar-refractivity contribution in [3.05, 3.63) is 64.9 Å². The summed E-state index contributed by atoms with van der Waals surface area (Å²) in [6, 6.07) is 13.0. The molecule has 0 amide bonds. The van der Waals surface area contributed by atoms with E-state index in [0.29, 0.717) is 18.0 Å². The van der Waals surface area contributed by atoms with Crippen LogP contribution in [-0.4, -0.2) is 9.55 Å². The Morgan fingerprint density at radius 2 is 2.17 bits per heavy atom. The molecule has 0 aliphatic heterocycles. The van der Waals surface area contributed by atoms with Crippen LogP contribution >= 0.6 is 0 Å². The quantitative estimate of drug-likeness (QED) is 0.678. The van der Waals surface area contributed by atoms with E-state index >= 15 is 0 Å². The molecule has 3 nitrogen and oxygen atoms in total. The van der Waals surface area contributed by atoms with E-state index in [0.717, 1.165) is 35.9 Å². The lowest BCUT2D eigenvalue weighted by molar-refractivity contribution is 0.530. The molecule has 1 aliphatic rings. The van der Waals surface area contributed by atoms with Gasteiger partial charge in [0.1, 0.15) is 0 Å². The molecule has 2 heterocycles. The number of aromatic nitrogens is 2. The second-order valence-electron chi connectivity index (χ2n) is 6.49. The molecule has 120 valence electrons. The summed E-state index contributed by atoms with van der Waals surface area (Å²) in [5, 5.41) is 10.4. The minimum Gasteiger partial charge on any atom is -0.338 e. The van der Waals surface area contributed by atoms with Gasteiger partial charge >= 0.3 is 0 Å². The number of nitrogens with zero attached hydrogens (tertiary/aromatic N) is 3. The Bertz CT molecular complexity index is 965. The highest BCUT2D eigenvalue weighted by Gasteiger charge is 2.27. The molecule has 4 rings (SSSR count). The van der Waals surface area contributed by atoms with Gasteiger partial charge in [0.05, 0.1) is 23.9 Å². The second-order valence-corrected chi connectivity index (χ2v) is 6.49. The minimum atomic E-state index is -0.446. The van der Waals surface area contributed by atoms with Gasteiger partial charge in [0.25, 0.3) is 0 Å². The number of nitriles is 1. The highest BCUT2D eigenvalue weighted by atomic mass is 19.1. The molecule has 1 aromatic carbocycles. The number of hydrogen-bond donors (Lipinski definition) is 0. The Hall–Kier alpha value is -2.67. The maximum Gasteiger partial charge on any atom is 0.213 e. The smallest absolute Gasteiger partial charge is 0.213 e. The van der Waals surface area contributed by atoms with Gasteiger partial charge in [0.2, 0.25) is 5.95 Å². The third-order valence-electron chi connectivity index (χ3n) is 5.06. The van der Waals surface area contributed by atoms with Crippen LogP contribution in [0.4, 0.5) is 4.39 Å². The van der Waals surface area contributed by atoms with E-state index in [-0.39, 0.29) is 0 Å². The topological polar surface area (TPSA) is 41.6 Å². The molecular formula is C20H18FN3. The first kappa shape index (κ1) is 14.9. The van der Waals surface area contributed by atoms with Crippen molar-refractivity contribution >= 4 is 10.9 Å². The van der Waals surface area contributed by atoms with Crippen molar-refractivity contribution in [1.82, 2.24) is 9.55 Å². The number of benzene rings is 1. The number of halogens is 1. The number of pyridine rings is 1. The number of fused-ring (bicyclic) bond motifs is 3. The first-order chi connectivity index (χ1) is 11.7. The average Bonchev–Trinajstić information content (AvgIpc) is 3.13. The molecule has 4 heteroatoms. The molecule has 0 N–H and O–H groups in total. The summed E-state index contributed by atoms with van der Waals surface area (Å²) in [6.07, 6.45) is 3.24. The third kappa shape index (κ3) is 2.37. The molecule has 0 saturated carbocycles. The van der Waals surface area contributed by atoms with Gasteiger partial charge in [-0.3, -0.25) is 0 Å². The van der Waals surface area contributed by atoms with Crippen molar-refractivity contribution in [3.63, 3.8) is 0 Å². The van der Waals surface area contributed by atoms with E-state index in [1.165, 1.54) is 17.3 Å². The van der Waals surface area contributed by atoms with Crippen molar-refractivity contribution in [3.8, 4) is 6.07 Å². The molecular weight excluding hydrogens is 301 g/mol. The van der Waals surface area contributed by atoms with E-state index in [1.807, 2.05) is 24.3 Å². The average molecular weight is 319 g/mol. The van der Waals surface area contributed by atoms with E-state index < -0.39 is 5.95 Å². The fraction of sp³-hybridized carbons (Fsp3) is 0.300. The molecule has 3 aromatic rings. The summed E-state index contributed by atoms with van der Waals surface area (Å²) in [7, 11) is 0. The van der Waals surface area contributed by atoms with Crippen LogP contribution in [0.2, 0.25) is 0 Å². The Balaban J connectivity index is 1.87. The van der Waals surface area contributed by atoms with Crippen LogP contribution in [0.25, 0.3) is 10.9 Å². The van der Waals surface area contributed by atoms with Crippen LogP contribution in [0.1, 0.15) is 35.9 Å². The van der Waals surface area contributed by atoms with Crippen molar-refractivity contribution in [2.45, 2.75) is 32.7 Å². The van der Waals surface area contributed by atoms with Crippen molar-refractivity contribution in [2.75, 3.05) is 0 Å². The van der Waals surface area contributed by atoms with Crippen molar-refractivity contribution < 1.29 is 4.39 Å². The lowest BCUT2D eigenvalue weighted by atomic mass is 10.0. The number of rotatable bonds is 3. The molecule has 1 atom stereocenters. The molecule has 0 saturated heterocycles. The molecule has 1 aliphatic carbocycles. The predicted molar refractivity (Wildman–Crippen MR) is 91.1 cm³/mol. The van der Waals surface area contributed by atoms with Crippen LogP contribution < -0.4 is 0 Å². The summed E-state index contributed by atoms with van der Waals surface area (Å²) >= 11 is 0. The van der Waals surface area contributed by atoms with Crippen LogP contribution in [0.3, 0.4) is 0 Å². The van der Waals surface area contributed by atoms with Crippen LogP contribution in [0.5, 0.6) is 0 Å². The maximum absolute atomic E-state index is 13.4. The minimum absolute atomic E-state index is 0.446. The number of hydrogen-bond acceptors (Lipinski definition) is 2. The SMILES string of the molecule is CCC1Cc2c(n(Cc3cccc(F)n3)c3ccc(C#N)cc23)C1. The molecule has 0 radical (unpaired) electrons. The molecule has 24 heavy (non-hydrogen) atoms. The van der Waals surface area contributed by atoms with Crippen LogP contribution in [0, 0.1) is 23.2 Å². The van der Waals surface area contributed by atoms with Gasteiger partial charge in [0, 0.05) is 16.6 Å². The molecule has 0 bridgehead atoms. The normalized spacial score (nSPS) is 16.3. The maximum atomic E-state index is 13.4. The second kappa shape index (κ2) is 5.76. The first-order valence-electron chi connectivity index (χ1n) is 8.35. The zero-order valence-corrected chi connectivity index (χ0v) is 13.6. The third-order valence-corrected chi connectivity index (χ3v) is 5.06. The zero-order chi connectivity index (χ0) is 16.7. The van der Waals surface area contributed by atoms with Gasteiger partial charge in [-0.2, -0.15) is 9.65 Å². The summed E-state index contributed by atoms with van der Waals surface area (Å²) in [6.45, 7) is 2.78. The molecule has 2 aromatic heterocycles. The van der Waals surface area contributed by atoms with Gasteiger partial charge in [-0.15, -0.1) is 0 Å². The lowest BCUT2D eigenvalue weighted by Gasteiger charge is -2.11. The first-order valence-corrected chi connectivity index (χ1v) is 8.35.